The van der Waals surface area contributed by atoms with Crippen molar-refractivity contribution in [2.45, 2.75) is 18.9 Å². The number of amides is 1. The average molecular weight is 358 g/mol. The van der Waals surface area contributed by atoms with Crippen LogP contribution < -0.4 is 19.5 Å². The van der Waals surface area contributed by atoms with Crippen molar-refractivity contribution in [1.82, 2.24) is 4.98 Å². The van der Waals surface area contributed by atoms with Crippen molar-refractivity contribution in [3.8, 4) is 17.4 Å². The van der Waals surface area contributed by atoms with Gasteiger partial charge < -0.3 is 24.3 Å². The molecule has 0 aliphatic carbocycles. The fraction of sp³-hybridized carbons (Fsp3) is 0.368. The monoisotopic (exact) mass is 358 g/mol. The summed E-state index contributed by atoms with van der Waals surface area (Å²) in [5.74, 6) is 1.40. The number of aromatic nitrogens is 1. The Morgan fingerprint density at radius 2 is 1.88 bits per heavy atom. The molecule has 1 aliphatic rings. The first-order chi connectivity index (χ1) is 12.7. The Bertz CT molecular complexity index is 742. The fourth-order valence-electron chi connectivity index (χ4n) is 2.67. The van der Waals surface area contributed by atoms with Crippen LogP contribution in [-0.2, 0) is 4.74 Å². The van der Waals surface area contributed by atoms with Gasteiger partial charge in [-0.3, -0.25) is 4.79 Å². The average Bonchev–Trinajstić information content (AvgIpc) is 2.69. The van der Waals surface area contributed by atoms with Gasteiger partial charge in [0.25, 0.3) is 5.91 Å². The lowest BCUT2D eigenvalue weighted by Crippen LogP contribution is -2.26. The van der Waals surface area contributed by atoms with Crippen LogP contribution in [0, 0.1) is 0 Å². The summed E-state index contributed by atoms with van der Waals surface area (Å²) in [4.78, 5) is 16.6. The van der Waals surface area contributed by atoms with Crippen molar-refractivity contribution in [3.05, 3.63) is 42.1 Å². The number of rotatable bonds is 6. The molecule has 0 saturated carbocycles. The van der Waals surface area contributed by atoms with Crippen LogP contribution in [0.5, 0.6) is 17.4 Å². The summed E-state index contributed by atoms with van der Waals surface area (Å²) in [5.41, 5.74) is 1.05. The number of nitrogens with one attached hydrogen (secondary N) is 1. The van der Waals surface area contributed by atoms with Gasteiger partial charge in [0.2, 0.25) is 5.88 Å². The van der Waals surface area contributed by atoms with E-state index in [4.69, 9.17) is 18.9 Å². The third-order valence-electron chi connectivity index (χ3n) is 4.10. The van der Waals surface area contributed by atoms with Gasteiger partial charge in [-0.1, -0.05) is 0 Å². The van der Waals surface area contributed by atoms with Gasteiger partial charge >= 0.3 is 0 Å². The van der Waals surface area contributed by atoms with Gasteiger partial charge in [0.15, 0.2) is 11.5 Å². The molecule has 3 rings (SSSR count). The maximum Gasteiger partial charge on any atom is 0.257 e. The second-order valence-electron chi connectivity index (χ2n) is 5.84. The lowest BCUT2D eigenvalue weighted by Gasteiger charge is -2.22. The lowest BCUT2D eigenvalue weighted by molar-refractivity contribution is 0.0237. The molecule has 0 atom stereocenters. The maximum atomic E-state index is 12.4. The second kappa shape index (κ2) is 8.53. The molecule has 7 heteroatoms. The molecule has 1 aromatic carbocycles. The zero-order chi connectivity index (χ0) is 18.4. The minimum atomic E-state index is -0.262. The number of hydrogen-bond donors (Lipinski definition) is 1. The van der Waals surface area contributed by atoms with E-state index in [1.807, 2.05) is 0 Å². The van der Waals surface area contributed by atoms with Crippen molar-refractivity contribution in [3.63, 3.8) is 0 Å². The predicted octanol–water partition coefficient (Wildman–Crippen LogP) is 2.91. The summed E-state index contributed by atoms with van der Waals surface area (Å²) in [5, 5.41) is 2.81. The molecular formula is C19H22N2O5. The molecule has 0 bridgehead atoms. The number of ether oxygens (including phenoxy) is 4. The van der Waals surface area contributed by atoms with Crippen molar-refractivity contribution >= 4 is 11.6 Å². The Kier molecular flexibility index (Phi) is 5.91. The smallest absolute Gasteiger partial charge is 0.257 e. The Hall–Kier alpha value is -2.80. The predicted molar refractivity (Wildman–Crippen MR) is 96.2 cm³/mol. The molecule has 1 amide bonds. The number of pyridine rings is 1. The van der Waals surface area contributed by atoms with Crippen molar-refractivity contribution in [1.29, 1.82) is 0 Å². The largest absolute Gasteiger partial charge is 0.493 e. The maximum absolute atomic E-state index is 12.4. The standard InChI is InChI=1S/C19H22N2O5/c1-23-16-5-4-14(11-17(16)24-2)21-19(22)13-3-6-18(20-12-13)26-15-7-9-25-10-8-15/h3-6,11-12,15H,7-10H2,1-2H3,(H,21,22). The normalized spacial score (nSPS) is 14.5. The first-order valence-electron chi connectivity index (χ1n) is 8.43. The fourth-order valence-corrected chi connectivity index (χ4v) is 2.67. The Morgan fingerprint density at radius 1 is 1.12 bits per heavy atom. The van der Waals surface area contributed by atoms with Crippen LogP contribution in [0.3, 0.4) is 0 Å². The van der Waals surface area contributed by atoms with Gasteiger partial charge in [-0.25, -0.2) is 4.98 Å². The van der Waals surface area contributed by atoms with E-state index in [-0.39, 0.29) is 12.0 Å². The van der Waals surface area contributed by atoms with E-state index in [1.54, 1.807) is 44.6 Å². The highest BCUT2D eigenvalue weighted by Crippen LogP contribution is 2.30. The summed E-state index contributed by atoms with van der Waals surface area (Å²) in [6, 6.07) is 8.58. The number of carbonyl (C=O) groups excluding carboxylic acids is 1. The molecule has 7 nitrogen and oxygen atoms in total. The molecule has 0 radical (unpaired) electrons. The van der Waals surface area contributed by atoms with Crippen LogP contribution >= 0.6 is 0 Å². The van der Waals surface area contributed by atoms with Crippen LogP contribution in [0.2, 0.25) is 0 Å². The number of benzene rings is 1. The molecule has 1 aliphatic heterocycles. The van der Waals surface area contributed by atoms with Gasteiger partial charge in [0.05, 0.1) is 33.0 Å². The molecule has 1 aromatic heterocycles. The lowest BCUT2D eigenvalue weighted by atomic mass is 10.1. The summed E-state index contributed by atoms with van der Waals surface area (Å²) in [6.07, 6.45) is 3.32. The molecule has 26 heavy (non-hydrogen) atoms. The molecule has 0 spiro atoms. The zero-order valence-corrected chi connectivity index (χ0v) is 14.9. The first-order valence-corrected chi connectivity index (χ1v) is 8.43. The van der Waals surface area contributed by atoms with Crippen molar-refractivity contribution in [2.24, 2.45) is 0 Å². The summed E-state index contributed by atoms with van der Waals surface area (Å²) in [6.45, 7) is 1.41. The molecule has 138 valence electrons. The minimum Gasteiger partial charge on any atom is -0.493 e. The summed E-state index contributed by atoms with van der Waals surface area (Å²) >= 11 is 0. The van der Waals surface area contributed by atoms with E-state index in [0.717, 1.165) is 12.8 Å². The molecular weight excluding hydrogens is 336 g/mol. The molecule has 2 heterocycles. The van der Waals surface area contributed by atoms with E-state index in [0.29, 0.717) is 41.8 Å². The Labute approximate surface area is 152 Å². The van der Waals surface area contributed by atoms with Gasteiger partial charge in [-0.2, -0.15) is 0 Å². The number of methoxy groups -OCH3 is 2. The summed E-state index contributed by atoms with van der Waals surface area (Å²) < 4.78 is 21.5. The number of anilines is 1. The minimum absolute atomic E-state index is 0.114. The highest BCUT2D eigenvalue weighted by molar-refractivity contribution is 6.04. The topological polar surface area (TPSA) is 78.9 Å². The van der Waals surface area contributed by atoms with Crippen LogP contribution in [0.4, 0.5) is 5.69 Å². The molecule has 1 saturated heterocycles. The number of hydrogen-bond acceptors (Lipinski definition) is 6. The van der Waals surface area contributed by atoms with Gasteiger partial charge in [-0.15, -0.1) is 0 Å². The molecule has 1 N–H and O–H groups in total. The van der Waals surface area contributed by atoms with Gasteiger partial charge in [-0.05, 0) is 18.2 Å². The number of carbonyl (C=O) groups is 1. The quantitative estimate of drug-likeness (QED) is 0.855. The van der Waals surface area contributed by atoms with Crippen molar-refractivity contribution < 1.29 is 23.7 Å². The zero-order valence-electron chi connectivity index (χ0n) is 14.9. The Morgan fingerprint density at radius 3 is 2.54 bits per heavy atom. The SMILES string of the molecule is COc1ccc(NC(=O)c2ccc(OC3CCOCC3)nc2)cc1OC. The molecule has 2 aromatic rings. The Balaban J connectivity index is 1.62. The molecule has 0 unspecified atom stereocenters. The number of nitrogens with zero attached hydrogens (tertiary/aromatic N) is 1. The third-order valence-corrected chi connectivity index (χ3v) is 4.10. The first kappa shape index (κ1) is 18.0. The van der Waals surface area contributed by atoms with Crippen LogP contribution in [0.25, 0.3) is 0 Å². The van der Waals surface area contributed by atoms with Crippen molar-refractivity contribution in [2.75, 3.05) is 32.8 Å². The highest BCUT2D eigenvalue weighted by atomic mass is 16.5. The second-order valence-corrected chi connectivity index (χ2v) is 5.84. The van der Waals surface area contributed by atoms with Crippen LogP contribution in [0.15, 0.2) is 36.5 Å². The van der Waals surface area contributed by atoms with E-state index in [9.17, 15) is 4.79 Å². The van der Waals surface area contributed by atoms with E-state index in [2.05, 4.69) is 10.3 Å². The third kappa shape index (κ3) is 4.43. The van der Waals surface area contributed by atoms with E-state index < -0.39 is 0 Å². The highest BCUT2D eigenvalue weighted by Gasteiger charge is 2.16. The van der Waals surface area contributed by atoms with E-state index >= 15 is 0 Å². The van der Waals surface area contributed by atoms with Crippen LogP contribution in [0.1, 0.15) is 23.2 Å². The van der Waals surface area contributed by atoms with E-state index in [1.165, 1.54) is 6.20 Å². The summed E-state index contributed by atoms with van der Waals surface area (Å²) in [7, 11) is 3.11. The molecule has 1 fully saturated rings. The van der Waals surface area contributed by atoms with Gasteiger partial charge in [0, 0.05) is 36.9 Å². The van der Waals surface area contributed by atoms with Gasteiger partial charge in [0.1, 0.15) is 6.10 Å². The van der Waals surface area contributed by atoms with Crippen LogP contribution in [-0.4, -0.2) is 44.4 Å².